The van der Waals surface area contributed by atoms with E-state index in [1.807, 2.05) is 0 Å². The van der Waals surface area contributed by atoms with Gasteiger partial charge >= 0.3 is 0 Å². The summed E-state index contributed by atoms with van der Waals surface area (Å²) in [5, 5.41) is 11.2. The number of amides is 1. The van der Waals surface area contributed by atoms with Gasteiger partial charge in [0.1, 0.15) is 5.52 Å². The predicted octanol–water partition coefficient (Wildman–Crippen LogP) is 1.52. The van der Waals surface area contributed by atoms with E-state index < -0.39 is 0 Å². The van der Waals surface area contributed by atoms with Crippen molar-refractivity contribution in [2.45, 2.75) is 19.5 Å². The zero-order valence-electron chi connectivity index (χ0n) is 16.5. The number of hydrogen-bond donors (Lipinski definition) is 1. The van der Waals surface area contributed by atoms with Crippen molar-refractivity contribution < 1.29 is 19.0 Å². The molecule has 0 fully saturated rings. The van der Waals surface area contributed by atoms with Crippen molar-refractivity contribution in [3.8, 4) is 17.2 Å². The predicted molar refractivity (Wildman–Crippen MR) is 106 cm³/mol. The van der Waals surface area contributed by atoms with Gasteiger partial charge in [0.25, 0.3) is 5.56 Å². The molecular formula is C20H22N4O5. The number of rotatable bonds is 8. The number of aryl methyl sites for hydroxylation is 1. The Morgan fingerprint density at radius 3 is 2.41 bits per heavy atom. The lowest BCUT2D eigenvalue weighted by Crippen LogP contribution is -2.29. The summed E-state index contributed by atoms with van der Waals surface area (Å²) in [4.78, 5) is 24.6. The van der Waals surface area contributed by atoms with E-state index in [9.17, 15) is 9.59 Å². The third kappa shape index (κ3) is 4.45. The Bertz CT molecular complexity index is 1050. The van der Waals surface area contributed by atoms with Gasteiger partial charge in [-0.1, -0.05) is 17.3 Å². The molecule has 0 saturated heterocycles. The van der Waals surface area contributed by atoms with E-state index in [1.54, 1.807) is 36.4 Å². The van der Waals surface area contributed by atoms with Crippen LogP contribution in [-0.2, 0) is 17.9 Å². The van der Waals surface area contributed by atoms with Crippen LogP contribution in [0, 0.1) is 0 Å². The van der Waals surface area contributed by atoms with Gasteiger partial charge in [0, 0.05) is 13.0 Å². The van der Waals surface area contributed by atoms with Gasteiger partial charge < -0.3 is 19.5 Å². The van der Waals surface area contributed by atoms with E-state index in [2.05, 4.69) is 15.6 Å². The van der Waals surface area contributed by atoms with Crippen molar-refractivity contribution in [1.82, 2.24) is 20.3 Å². The molecule has 0 saturated carbocycles. The second-order valence-corrected chi connectivity index (χ2v) is 6.20. The van der Waals surface area contributed by atoms with Crippen LogP contribution in [-0.4, -0.2) is 42.2 Å². The van der Waals surface area contributed by atoms with Gasteiger partial charge in [0.15, 0.2) is 11.5 Å². The molecule has 29 heavy (non-hydrogen) atoms. The summed E-state index contributed by atoms with van der Waals surface area (Å²) in [6, 6.07) is 10.5. The molecule has 9 heteroatoms. The fourth-order valence-corrected chi connectivity index (χ4v) is 2.90. The van der Waals surface area contributed by atoms with E-state index in [0.717, 1.165) is 5.56 Å². The average molecular weight is 398 g/mol. The zero-order valence-corrected chi connectivity index (χ0v) is 16.5. The molecule has 0 aliphatic rings. The van der Waals surface area contributed by atoms with Crippen LogP contribution < -0.4 is 25.1 Å². The van der Waals surface area contributed by atoms with Crippen LogP contribution in [0.1, 0.15) is 12.0 Å². The number of nitrogens with zero attached hydrogens (tertiary/aromatic N) is 3. The Morgan fingerprint density at radius 2 is 1.76 bits per heavy atom. The number of carbonyl (C=O) groups excluding carboxylic acids is 1. The topological polar surface area (TPSA) is 105 Å². The van der Waals surface area contributed by atoms with Gasteiger partial charge in [-0.15, -0.1) is 5.10 Å². The minimum atomic E-state index is -0.270. The molecule has 0 aliphatic heterocycles. The van der Waals surface area contributed by atoms with Crippen LogP contribution in [0.2, 0.25) is 0 Å². The highest BCUT2D eigenvalue weighted by atomic mass is 16.5. The third-order valence-corrected chi connectivity index (χ3v) is 4.39. The summed E-state index contributed by atoms with van der Waals surface area (Å²) in [7, 11) is 4.59. The van der Waals surface area contributed by atoms with Crippen molar-refractivity contribution in [3.63, 3.8) is 0 Å². The van der Waals surface area contributed by atoms with Crippen LogP contribution in [0.5, 0.6) is 17.2 Å². The van der Waals surface area contributed by atoms with E-state index in [-0.39, 0.29) is 31.0 Å². The van der Waals surface area contributed by atoms with Crippen LogP contribution in [0.15, 0.2) is 41.2 Å². The number of aromatic nitrogens is 3. The molecule has 0 unspecified atom stereocenters. The van der Waals surface area contributed by atoms with E-state index in [0.29, 0.717) is 28.2 Å². The number of methoxy groups -OCH3 is 3. The van der Waals surface area contributed by atoms with Crippen molar-refractivity contribution in [3.05, 3.63) is 52.3 Å². The maximum absolute atomic E-state index is 12.4. The maximum Gasteiger partial charge on any atom is 0.277 e. The second kappa shape index (κ2) is 9.05. The molecule has 2 aromatic carbocycles. The first kappa shape index (κ1) is 20.1. The molecular weight excluding hydrogens is 376 g/mol. The molecule has 1 heterocycles. The van der Waals surface area contributed by atoms with E-state index in [1.165, 1.54) is 26.0 Å². The van der Waals surface area contributed by atoms with Crippen molar-refractivity contribution in [2.24, 2.45) is 0 Å². The highest BCUT2D eigenvalue weighted by Crippen LogP contribution is 2.38. The van der Waals surface area contributed by atoms with Gasteiger partial charge in [-0.25, -0.2) is 4.68 Å². The van der Waals surface area contributed by atoms with Gasteiger partial charge in [-0.05, 0) is 29.8 Å². The lowest BCUT2D eigenvalue weighted by atomic mass is 10.1. The Morgan fingerprint density at radius 1 is 1.07 bits per heavy atom. The Hall–Kier alpha value is -3.62. The van der Waals surface area contributed by atoms with Crippen LogP contribution in [0.3, 0.4) is 0 Å². The average Bonchev–Trinajstić information content (AvgIpc) is 2.76. The fourth-order valence-electron chi connectivity index (χ4n) is 2.90. The quantitative estimate of drug-likeness (QED) is 0.613. The molecule has 0 spiro atoms. The highest BCUT2D eigenvalue weighted by Gasteiger charge is 2.14. The Labute approximate surface area is 167 Å². The zero-order chi connectivity index (χ0) is 20.8. The molecule has 152 valence electrons. The minimum Gasteiger partial charge on any atom is -0.493 e. The monoisotopic (exact) mass is 398 g/mol. The van der Waals surface area contributed by atoms with Crippen molar-refractivity contribution in [1.29, 1.82) is 0 Å². The number of benzene rings is 2. The van der Waals surface area contributed by atoms with Gasteiger partial charge in [0.05, 0.1) is 33.3 Å². The maximum atomic E-state index is 12.4. The third-order valence-electron chi connectivity index (χ3n) is 4.39. The summed E-state index contributed by atoms with van der Waals surface area (Å²) in [5.74, 6) is 1.28. The van der Waals surface area contributed by atoms with E-state index in [4.69, 9.17) is 14.2 Å². The highest BCUT2D eigenvalue weighted by molar-refractivity contribution is 5.77. The molecule has 3 aromatic rings. The lowest BCUT2D eigenvalue weighted by Gasteiger charge is -2.14. The normalized spacial score (nSPS) is 10.6. The van der Waals surface area contributed by atoms with Crippen LogP contribution in [0.4, 0.5) is 0 Å². The summed E-state index contributed by atoms with van der Waals surface area (Å²) in [6.07, 6.45) is 0.0946. The molecule has 0 radical (unpaired) electrons. The SMILES string of the molecule is COc1cc(CNC(=O)CCn2nnc3ccccc3c2=O)cc(OC)c1OC. The summed E-state index contributed by atoms with van der Waals surface area (Å²) >= 11 is 0. The number of ether oxygens (including phenoxy) is 3. The lowest BCUT2D eigenvalue weighted by molar-refractivity contribution is -0.121. The molecule has 0 atom stereocenters. The fraction of sp³-hybridized carbons (Fsp3) is 0.300. The van der Waals surface area contributed by atoms with Gasteiger partial charge in [0.2, 0.25) is 11.7 Å². The Balaban J connectivity index is 1.64. The molecule has 1 amide bonds. The molecule has 3 rings (SSSR count). The smallest absolute Gasteiger partial charge is 0.277 e. The molecule has 1 aromatic heterocycles. The van der Waals surface area contributed by atoms with E-state index >= 15 is 0 Å². The summed E-state index contributed by atoms with van der Waals surface area (Å²) in [6.45, 7) is 0.408. The largest absolute Gasteiger partial charge is 0.493 e. The van der Waals surface area contributed by atoms with Crippen molar-refractivity contribution in [2.75, 3.05) is 21.3 Å². The first-order chi connectivity index (χ1) is 14.1. The second-order valence-electron chi connectivity index (χ2n) is 6.20. The number of hydrogen-bond acceptors (Lipinski definition) is 7. The first-order valence-electron chi connectivity index (χ1n) is 8.95. The number of nitrogens with one attached hydrogen (secondary N) is 1. The number of carbonyl (C=O) groups is 1. The molecule has 0 bridgehead atoms. The molecule has 0 aliphatic carbocycles. The molecule has 1 N–H and O–H groups in total. The molecule has 9 nitrogen and oxygen atoms in total. The Kier molecular flexibility index (Phi) is 6.28. The first-order valence-corrected chi connectivity index (χ1v) is 8.95. The summed E-state index contributed by atoms with van der Waals surface area (Å²) in [5.41, 5.74) is 1.05. The van der Waals surface area contributed by atoms with Gasteiger partial charge in [-0.2, -0.15) is 0 Å². The standard InChI is InChI=1S/C20H22N4O5/c1-27-16-10-13(11-17(28-2)19(16)29-3)12-21-18(25)8-9-24-20(26)14-6-4-5-7-15(14)22-23-24/h4-7,10-11H,8-9,12H2,1-3H3,(H,21,25). The minimum absolute atomic E-state index is 0.0946. The van der Waals surface area contributed by atoms with Crippen LogP contribution in [0.25, 0.3) is 10.9 Å². The summed E-state index contributed by atoms with van der Waals surface area (Å²) < 4.78 is 17.1. The van der Waals surface area contributed by atoms with Crippen molar-refractivity contribution >= 4 is 16.8 Å². The number of fused-ring (bicyclic) bond motifs is 1. The van der Waals surface area contributed by atoms with Gasteiger partial charge in [-0.3, -0.25) is 9.59 Å². The van der Waals surface area contributed by atoms with Crippen LogP contribution >= 0.6 is 0 Å².